The molecule has 138 valence electrons. The number of guanidine groups is 1. The zero-order valence-electron chi connectivity index (χ0n) is 14.5. The molecule has 2 aromatic rings. The molecule has 1 N–H and O–H groups in total. The predicted octanol–water partition coefficient (Wildman–Crippen LogP) is 3.59. The first-order valence-corrected chi connectivity index (χ1v) is 8.99. The van der Waals surface area contributed by atoms with Gasteiger partial charge in [0.25, 0.3) is 0 Å². The van der Waals surface area contributed by atoms with E-state index in [1.165, 1.54) is 0 Å². The van der Waals surface area contributed by atoms with E-state index in [2.05, 4.69) is 30.6 Å². The lowest BCUT2D eigenvalue weighted by Gasteiger charge is -2.21. The van der Waals surface area contributed by atoms with Crippen LogP contribution in [0.4, 0.5) is 0 Å². The van der Waals surface area contributed by atoms with Gasteiger partial charge in [0.1, 0.15) is 6.61 Å². The van der Waals surface area contributed by atoms with Crippen molar-refractivity contribution in [3.63, 3.8) is 0 Å². The SMILES string of the molecule is CCNC(=NCCOc1ccc(Cl)cn1)N(C)Cc1csc(C)n1.I. The lowest BCUT2D eigenvalue weighted by Crippen LogP contribution is -2.38. The molecule has 0 radical (unpaired) electrons. The van der Waals surface area contributed by atoms with Crippen LogP contribution in [0.5, 0.6) is 5.88 Å². The lowest BCUT2D eigenvalue weighted by molar-refractivity contribution is 0.315. The van der Waals surface area contributed by atoms with Crippen molar-refractivity contribution in [3.8, 4) is 5.88 Å². The highest BCUT2D eigenvalue weighted by Crippen LogP contribution is 2.11. The van der Waals surface area contributed by atoms with Gasteiger partial charge in [-0.2, -0.15) is 0 Å². The average molecular weight is 496 g/mol. The van der Waals surface area contributed by atoms with Crippen LogP contribution in [0.25, 0.3) is 0 Å². The summed E-state index contributed by atoms with van der Waals surface area (Å²) >= 11 is 7.45. The fourth-order valence-corrected chi connectivity index (χ4v) is 2.73. The highest BCUT2D eigenvalue weighted by atomic mass is 127. The summed E-state index contributed by atoms with van der Waals surface area (Å²) in [5.74, 6) is 1.38. The van der Waals surface area contributed by atoms with Gasteiger partial charge in [-0.1, -0.05) is 11.6 Å². The van der Waals surface area contributed by atoms with Crippen LogP contribution in [0.1, 0.15) is 17.6 Å². The summed E-state index contributed by atoms with van der Waals surface area (Å²) in [5, 5.41) is 7.02. The minimum absolute atomic E-state index is 0. The number of aliphatic imine (C=N–C) groups is 1. The molecule has 0 aliphatic carbocycles. The Morgan fingerprint density at radius 3 is 2.84 bits per heavy atom. The molecule has 0 bridgehead atoms. The molecule has 0 spiro atoms. The number of pyridine rings is 1. The number of ether oxygens (including phenoxy) is 1. The quantitative estimate of drug-likeness (QED) is 0.275. The summed E-state index contributed by atoms with van der Waals surface area (Å²) in [5.41, 5.74) is 1.05. The van der Waals surface area contributed by atoms with Gasteiger partial charge in [0.15, 0.2) is 5.96 Å². The molecule has 2 heterocycles. The van der Waals surface area contributed by atoms with E-state index < -0.39 is 0 Å². The van der Waals surface area contributed by atoms with Crippen LogP contribution < -0.4 is 10.1 Å². The molecule has 0 amide bonds. The third kappa shape index (κ3) is 7.74. The summed E-state index contributed by atoms with van der Waals surface area (Å²) in [6, 6.07) is 3.49. The lowest BCUT2D eigenvalue weighted by atomic mass is 10.4. The second-order valence-electron chi connectivity index (χ2n) is 5.11. The van der Waals surface area contributed by atoms with E-state index in [9.17, 15) is 0 Å². The molecule has 0 unspecified atom stereocenters. The van der Waals surface area contributed by atoms with Gasteiger partial charge in [0.05, 0.1) is 28.8 Å². The monoisotopic (exact) mass is 495 g/mol. The Balaban J connectivity index is 0.00000312. The van der Waals surface area contributed by atoms with Crippen molar-refractivity contribution < 1.29 is 4.74 Å². The number of thiazole rings is 1. The van der Waals surface area contributed by atoms with Crippen molar-refractivity contribution in [1.29, 1.82) is 0 Å². The molecular formula is C16H23ClIN5OS. The smallest absolute Gasteiger partial charge is 0.213 e. The average Bonchev–Trinajstić information content (AvgIpc) is 2.97. The number of nitrogens with one attached hydrogen (secondary N) is 1. The van der Waals surface area contributed by atoms with E-state index in [1.54, 1.807) is 29.7 Å². The van der Waals surface area contributed by atoms with Gasteiger partial charge < -0.3 is 15.0 Å². The van der Waals surface area contributed by atoms with Gasteiger partial charge in [0, 0.05) is 31.2 Å². The number of hydrogen-bond acceptors (Lipinski definition) is 5. The molecule has 0 aliphatic rings. The van der Waals surface area contributed by atoms with E-state index in [0.717, 1.165) is 29.8 Å². The normalized spacial score (nSPS) is 11.0. The Morgan fingerprint density at radius 2 is 2.24 bits per heavy atom. The Labute approximate surface area is 174 Å². The topological polar surface area (TPSA) is 62.6 Å². The second-order valence-corrected chi connectivity index (χ2v) is 6.61. The second kappa shape index (κ2) is 11.5. The van der Waals surface area contributed by atoms with E-state index in [1.807, 2.05) is 20.9 Å². The van der Waals surface area contributed by atoms with Crippen molar-refractivity contribution >= 4 is 52.9 Å². The molecule has 0 saturated heterocycles. The van der Waals surface area contributed by atoms with E-state index in [-0.39, 0.29) is 24.0 Å². The number of aryl methyl sites for hydroxylation is 1. The van der Waals surface area contributed by atoms with Crippen LogP contribution >= 0.6 is 46.9 Å². The number of aromatic nitrogens is 2. The van der Waals surface area contributed by atoms with Gasteiger partial charge in [-0.25, -0.2) is 15.0 Å². The number of rotatable bonds is 7. The van der Waals surface area contributed by atoms with Crippen LogP contribution in [-0.4, -0.2) is 47.6 Å². The van der Waals surface area contributed by atoms with Crippen LogP contribution in [0.15, 0.2) is 28.7 Å². The first-order valence-electron chi connectivity index (χ1n) is 7.73. The van der Waals surface area contributed by atoms with Crippen molar-refractivity contribution in [2.75, 3.05) is 26.7 Å². The Morgan fingerprint density at radius 1 is 1.44 bits per heavy atom. The van der Waals surface area contributed by atoms with E-state index in [0.29, 0.717) is 24.1 Å². The molecule has 2 rings (SSSR count). The summed E-state index contributed by atoms with van der Waals surface area (Å²) in [4.78, 5) is 15.2. The first kappa shape index (κ1) is 21.9. The molecule has 0 fully saturated rings. The van der Waals surface area contributed by atoms with Gasteiger partial charge in [-0.05, 0) is 19.9 Å². The van der Waals surface area contributed by atoms with Crippen molar-refractivity contribution in [2.24, 2.45) is 4.99 Å². The largest absolute Gasteiger partial charge is 0.476 e. The standard InChI is InChI=1S/C16H22ClN5OS.HI/c1-4-18-16(22(3)10-14-11-24-12(2)21-14)19-7-8-23-15-6-5-13(17)9-20-15;/h5-6,9,11H,4,7-8,10H2,1-3H3,(H,18,19);1H. The molecule has 0 aromatic carbocycles. The number of halogens is 2. The van der Waals surface area contributed by atoms with Crippen molar-refractivity contribution in [3.05, 3.63) is 39.4 Å². The maximum atomic E-state index is 5.79. The van der Waals surface area contributed by atoms with Gasteiger partial charge in [-0.15, -0.1) is 35.3 Å². The fraction of sp³-hybridized carbons (Fsp3) is 0.438. The van der Waals surface area contributed by atoms with E-state index in [4.69, 9.17) is 16.3 Å². The van der Waals surface area contributed by atoms with Crippen LogP contribution in [0.2, 0.25) is 5.02 Å². The molecule has 0 saturated carbocycles. The highest BCUT2D eigenvalue weighted by molar-refractivity contribution is 14.0. The Bertz CT molecular complexity index is 665. The number of nitrogens with zero attached hydrogens (tertiary/aromatic N) is 4. The summed E-state index contributed by atoms with van der Waals surface area (Å²) in [6.45, 7) is 6.56. The zero-order chi connectivity index (χ0) is 17.4. The van der Waals surface area contributed by atoms with Crippen LogP contribution in [0, 0.1) is 6.92 Å². The maximum absolute atomic E-state index is 5.79. The van der Waals surface area contributed by atoms with Gasteiger partial charge in [-0.3, -0.25) is 0 Å². The molecule has 9 heteroatoms. The minimum atomic E-state index is 0. The molecule has 25 heavy (non-hydrogen) atoms. The Kier molecular flexibility index (Phi) is 10.1. The third-order valence-corrected chi connectivity index (χ3v) is 4.11. The Hall–Kier alpha value is -1.13. The fourth-order valence-electron chi connectivity index (χ4n) is 2.02. The van der Waals surface area contributed by atoms with Gasteiger partial charge >= 0.3 is 0 Å². The van der Waals surface area contributed by atoms with Gasteiger partial charge in [0.2, 0.25) is 5.88 Å². The highest BCUT2D eigenvalue weighted by Gasteiger charge is 2.08. The number of hydrogen-bond donors (Lipinski definition) is 1. The molecule has 6 nitrogen and oxygen atoms in total. The minimum Gasteiger partial charge on any atom is -0.476 e. The van der Waals surface area contributed by atoms with Crippen LogP contribution in [-0.2, 0) is 6.54 Å². The van der Waals surface area contributed by atoms with Crippen molar-refractivity contribution in [1.82, 2.24) is 20.2 Å². The molecular weight excluding hydrogens is 473 g/mol. The van der Waals surface area contributed by atoms with Crippen molar-refractivity contribution in [2.45, 2.75) is 20.4 Å². The maximum Gasteiger partial charge on any atom is 0.213 e. The first-order chi connectivity index (χ1) is 11.6. The molecule has 2 aromatic heterocycles. The third-order valence-electron chi connectivity index (χ3n) is 3.07. The van der Waals surface area contributed by atoms with E-state index >= 15 is 0 Å². The summed E-state index contributed by atoms with van der Waals surface area (Å²) < 4.78 is 5.56. The summed E-state index contributed by atoms with van der Waals surface area (Å²) in [7, 11) is 2.00. The molecule has 0 atom stereocenters. The molecule has 0 aliphatic heterocycles. The predicted molar refractivity (Wildman–Crippen MR) is 114 cm³/mol. The summed E-state index contributed by atoms with van der Waals surface area (Å²) in [6.07, 6.45) is 1.56. The zero-order valence-corrected chi connectivity index (χ0v) is 18.4. The van der Waals surface area contributed by atoms with Crippen LogP contribution in [0.3, 0.4) is 0 Å².